The smallest absolute Gasteiger partial charge is 0.366 e. The molecule has 0 saturated heterocycles. The van der Waals surface area contributed by atoms with Gasteiger partial charge in [-0.3, -0.25) is 0 Å². The van der Waals surface area contributed by atoms with Crippen molar-refractivity contribution in [3.05, 3.63) is 12.3 Å². The predicted octanol–water partition coefficient (Wildman–Crippen LogP) is 0.819. The van der Waals surface area contributed by atoms with Gasteiger partial charge >= 0.3 is 5.97 Å². The third kappa shape index (κ3) is 2.91. The number of rotatable bonds is 2. The summed E-state index contributed by atoms with van der Waals surface area (Å²) in [6.45, 7) is 5.43. The lowest BCUT2D eigenvalue weighted by molar-refractivity contribution is -0.158. The number of hydrogen-bond donors (Lipinski definition) is 2. The van der Waals surface area contributed by atoms with E-state index < -0.39 is 16.6 Å². The van der Waals surface area contributed by atoms with E-state index in [9.17, 15) is 4.79 Å². The Balaban J connectivity index is 2.90. The minimum absolute atomic E-state index is 0.305. The molecule has 0 aliphatic carbocycles. The molecule has 0 fully saturated rings. The molecule has 1 heterocycles. The number of esters is 1. The number of nitrogens with one attached hydrogen (secondary N) is 1. The van der Waals surface area contributed by atoms with Crippen LogP contribution in [0.3, 0.4) is 0 Å². The zero-order valence-electron chi connectivity index (χ0n) is 9.90. The molecule has 0 aromatic carbocycles. The number of nitrogens with zero attached hydrogens (tertiary/aromatic N) is 1. The molecule has 0 aromatic heterocycles. The van der Waals surface area contributed by atoms with Gasteiger partial charge in [-0.2, -0.15) is 0 Å². The Hall–Kier alpha value is -1.17. The Morgan fingerprint density at radius 1 is 1.62 bits per heavy atom. The van der Waals surface area contributed by atoms with Crippen LogP contribution < -0.4 is 11.1 Å². The lowest BCUT2D eigenvalue weighted by atomic mass is 10.2. The molecule has 1 unspecified atom stereocenters. The molecule has 1 aliphatic rings. The first-order valence-corrected chi connectivity index (χ1v) is 6.10. The first kappa shape index (κ1) is 12.9. The molecule has 0 amide bonds. The quantitative estimate of drug-likeness (QED) is 0.702. The van der Waals surface area contributed by atoms with Crippen LogP contribution in [-0.4, -0.2) is 28.7 Å². The highest BCUT2D eigenvalue weighted by molar-refractivity contribution is 8.00. The number of hydrogen-bond acceptors (Lipinski definition) is 6. The van der Waals surface area contributed by atoms with Crippen molar-refractivity contribution in [2.75, 3.05) is 6.26 Å². The molecule has 6 heteroatoms. The summed E-state index contributed by atoms with van der Waals surface area (Å²) in [4.78, 5) is 15.0. The largest absolute Gasteiger partial charge is 0.456 e. The van der Waals surface area contributed by atoms with Crippen molar-refractivity contribution in [3.63, 3.8) is 0 Å². The lowest BCUT2D eigenvalue weighted by Crippen LogP contribution is -2.50. The molecule has 1 rings (SSSR count). The first-order chi connectivity index (χ1) is 7.29. The van der Waals surface area contributed by atoms with Crippen LogP contribution in [0.25, 0.3) is 0 Å². The molecule has 0 aromatic rings. The van der Waals surface area contributed by atoms with Gasteiger partial charge in [-0.05, 0) is 33.1 Å². The van der Waals surface area contributed by atoms with Crippen molar-refractivity contribution in [2.45, 2.75) is 31.4 Å². The fourth-order valence-corrected chi connectivity index (χ4v) is 1.72. The van der Waals surface area contributed by atoms with Gasteiger partial charge in [0.05, 0.1) is 0 Å². The predicted molar refractivity (Wildman–Crippen MR) is 66.0 cm³/mol. The van der Waals surface area contributed by atoms with Crippen LogP contribution in [0.15, 0.2) is 17.3 Å². The van der Waals surface area contributed by atoms with Crippen LogP contribution >= 0.6 is 11.8 Å². The van der Waals surface area contributed by atoms with E-state index >= 15 is 0 Å². The SMILES string of the molecule is CSC1(C(=O)OC(C)(C)C)N=C(N)C=CN1. The molecule has 5 nitrogen and oxygen atoms in total. The zero-order chi connectivity index (χ0) is 12.4. The highest BCUT2D eigenvalue weighted by atomic mass is 32.2. The summed E-state index contributed by atoms with van der Waals surface area (Å²) in [5, 5.41) is 2.88. The van der Waals surface area contributed by atoms with Crippen LogP contribution in [-0.2, 0) is 9.53 Å². The fraction of sp³-hybridized carbons (Fsp3) is 0.600. The normalized spacial score (nSPS) is 24.6. The summed E-state index contributed by atoms with van der Waals surface area (Å²) < 4.78 is 5.30. The van der Waals surface area contributed by atoms with Crippen LogP contribution in [0, 0.1) is 0 Å². The van der Waals surface area contributed by atoms with Gasteiger partial charge in [0.2, 0.25) is 0 Å². The number of carbonyl (C=O) groups excluding carboxylic acids is 1. The van der Waals surface area contributed by atoms with Gasteiger partial charge in [0, 0.05) is 6.20 Å². The fourth-order valence-electron chi connectivity index (χ4n) is 1.13. The summed E-state index contributed by atoms with van der Waals surface area (Å²) in [7, 11) is 0. The first-order valence-electron chi connectivity index (χ1n) is 4.87. The Morgan fingerprint density at radius 2 is 2.25 bits per heavy atom. The second-order valence-corrected chi connectivity index (χ2v) is 5.36. The minimum Gasteiger partial charge on any atom is -0.456 e. The molecule has 0 spiro atoms. The van der Waals surface area contributed by atoms with Gasteiger partial charge in [-0.15, -0.1) is 11.8 Å². The highest BCUT2D eigenvalue weighted by Crippen LogP contribution is 2.27. The number of nitrogens with two attached hydrogens (primary N) is 1. The monoisotopic (exact) mass is 243 g/mol. The van der Waals surface area contributed by atoms with E-state index in [1.807, 2.05) is 20.8 Å². The van der Waals surface area contributed by atoms with Crippen LogP contribution in [0.5, 0.6) is 0 Å². The van der Waals surface area contributed by atoms with Gasteiger partial charge in [-0.25, -0.2) is 9.79 Å². The third-order valence-electron chi connectivity index (χ3n) is 1.79. The molecule has 1 aliphatic heterocycles. The second-order valence-electron chi connectivity index (χ2n) is 4.36. The van der Waals surface area contributed by atoms with E-state index in [0.29, 0.717) is 5.84 Å². The zero-order valence-corrected chi connectivity index (χ0v) is 10.7. The molecule has 90 valence electrons. The van der Waals surface area contributed by atoms with E-state index in [1.54, 1.807) is 18.5 Å². The van der Waals surface area contributed by atoms with Crippen molar-refractivity contribution in [1.82, 2.24) is 5.32 Å². The Morgan fingerprint density at radius 3 is 2.69 bits per heavy atom. The van der Waals surface area contributed by atoms with Gasteiger partial charge in [-0.1, -0.05) is 0 Å². The summed E-state index contributed by atoms with van der Waals surface area (Å²) >= 11 is 1.24. The van der Waals surface area contributed by atoms with Gasteiger partial charge in [0.15, 0.2) is 0 Å². The Kier molecular flexibility index (Phi) is 3.52. The van der Waals surface area contributed by atoms with Crippen molar-refractivity contribution < 1.29 is 9.53 Å². The summed E-state index contributed by atoms with van der Waals surface area (Å²) in [6, 6.07) is 0. The van der Waals surface area contributed by atoms with Gasteiger partial charge in [0.25, 0.3) is 4.99 Å². The van der Waals surface area contributed by atoms with Crippen molar-refractivity contribution in [1.29, 1.82) is 0 Å². The molecule has 0 radical (unpaired) electrons. The summed E-state index contributed by atoms with van der Waals surface area (Å²) in [5.41, 5.74) is 5.04. The summed E-state index contributed by atoms with van der Waals surface area (Å²) in [5.74, 6) is -0.140. The number of amidine groups is 1. The topological polar surface area (TPSA) is 76.7 Å². The minimum atomic E-state index is -1.16. The molecular formula is C10H17N3O2S. The molecular weight excluding hydrogens is 226 g/mol. The molecule has 0 bridgehead atoms. The van der Waals surface area contributed by atoms with Crippen molar-refractivity contribution in [3.8, 4) is 0 Å². The maximum atomic E-state index is 12.0. The average Bonchev–Trinajstić information content (AvgIpc) is 2.14. The molecule has 3 N–H and O–H groups in total. The number of thioether (sulfide) groups is 1. The maximum Gasteiger partial charge on any atom is 0.366 e. The van der Waals surface area contributed by atoms with E-state index in [2.05, 4.69) is 10.3 Å². The lowest BCUT2D eigenvalue weighted by Gasteiger charge is -2.31. The standard InChI is InChI=1S/C10H17N3O2S/c1-9(2,3)15-8(14)10(16-4)12-6-5-7(11)13-10/h5-6,12H,1-4H3,(H2,11,13). The third-order valence-corrected chi connectivity index (χ3v) is 2.76. The van der Waals surface area contributed by atoms with E-state index in [4.69, 9.17) is 10.5 Å². The maximum absolute atomic E-state index is 12.0. The molecule has 0 saturated carbocycles. The van der Waals surface area contributed by atoms with Crippen LogP contribution in [0.1, 0.15) is 20.8 Å². The summed E-state index contributed by atoms with van der Waals surface area (Å²) in [6.07, 6.45) is 4.97. The number of aliphatic imine (C=N–C) groups is 1. The van der Waals surface area contributed by atoms with Gasteiger partial charge < -0.3 is 15.8 Å². The van der Waals surface area contributed by atoms with Crippen LogP contribution in [0.2, 0.25) is 0 Å². The number of ether oxygens (including phenoxy) is 1. The number of carbonyl (C=O) groups is 1. The molecule has 16 heavy (non-hydrogen) atoms. The Bertz CT molecular complexity index is 346. The van der Waals surface area contributed by atoms with E-state index in [0.717, 1.165) is 0 Å². The van der Waals surface area contributed by atoms with Crippen molar-refractivity contribution >= 4 is 23.6 Å². The van der Waals surface area contributed by atoms with E-state index in [1.165, 1.54) is 11.8 Å². The van der Waals surface area contributed by atoms with Gasteiger partial charge in [0.1, 0.15) is 11.4 Å². The second kappa shape index (κ2) is 4.37. The van der Waals surface area contributed by atoms with Crippen molar-refractivity contribution in [2.24, 2.45) is 10.7 Å². The van der Waals surface area contributed by atoms with Crippen LogP contribution in [0.4, 0.5) is 0 Å². The average molecular weight is 243 g/mol. The van der Waals surface area contributed by atoms with E-state index in [-0.39, 0.29) is 0 Å². The molecule has 1 atom stereocenters. The Labute approximate surface area is 99.5 Å². The highest BCUT2D eigenvalue weighted by Gasteiger charge is 2.41.